The average molecular weight is 961 g/mol. The first-order chi connectivity index (χ1) is 27.8. The molecule has 305 valence electrons. The third-order valence-corrected chi connectivity index (χ3v) is 12.1. The molecular weight excluding hydrogens is 904 g/mol. The Bertz CT molecular complexity index is 2770. The van der Waals surface area contributed by atoms with E-state index in [4.69, 9.17) is 4.98 Å². The van der Waals surface area contributed by atoms with E-state index in [0.29, 0.717) is 30.2 Å². The minimum absolute atomic E-state index is 0. The second kappa shape index (κ2) is 16.6. The molecule has 7 aromatic carbocycles. The number of amides is 1. The first-order valence-electron chi connectivity index (χ1n) is 21.2. The van der Waals surface area contributed by atoms with Gasteiger partial charge >= 0.3 is 6.67 Å². The smallest absolute Gasteiger partial charge is 0.302 e. The summed E-state index contributed by atoms with van der Waals surface area (Å²) in [4.78, 5) is 23.1. The molecular formula is C54H57AuN3O. The van der Waals surface area contributed by atoms with Gasteiger partial charge in [-0.25, -0.2) is 0 Å². The number of hydrogen-bond acceptors (Lipinski definition) is 2. The van der Waals surface area contributed by atoms with E-state index < -0.39 is 5.41 Å². The maximum atomic E-state index is 13.9. The van der Waals surface area contributed by atoms with Crippen molar-refractivity contribution in [3.05, 3.63) is 150 Å². The molecule has 59 heavy (non-hydrogen) atoms. The van der Waals surface area contributed by atoms with Crippen LogP contribution in [0.25, 0.3) is 54.1 Å². The van der Waals surface area contributed by atoms with Gasteiger partial charge in [-0.15, -0.1) is 15.9 Å². The third kappa shape index (κ3) is 7.56. The number of para-hydroxylation sites is 3. The molecule has 1 aliphatic rings. The Hall–Kier alpha value is -5.00. The summed E-state index contributed by atoms with van der Waals surface area (Å²) < 4.78 is 0. The molecule has 1 amide bonds. The number of hydrogen-bond donors (Lipinski definition) is 0. The zero-order valence-electron chi connectivity index (χ0n) is 36.2. The molecule has 0 spiro atoms. The number of nitrogens with zero attached hydrogens (tertiary/aromatic N) is 3. The van der Waals surface area contributed by atoms with Crippen LogP contribution < -0.4 is 14.8 Å². The number of carbonyl (C=O) groups is 1. The van der Waals surface area contributed by atoms with Gasteiger partial charge in [-0.2, -0.15) is 4.90 Å². The second-order valence-corrected chi connectivity index (χ2v) is 18.1. The number of rotatable bonds is 6. The molecule has 0 atom stereocenters. The molecule has 0 saturated carbocycles. The third-order valence-electron chi connectivity index (χ3n) is 12.1. The fourth-order valence-electron chi connectivity index (χ4n) is 9.16. The summed E-state index contributed by atoms with van der Waals surface area (Å²) in [7, 11) is 0. The van der Waals surface area contributed by atoms with Crippen LogP contribution in [0.5, 0.6) is 0 Å². The van der Waals surface area contributed by atoms with Crippen LogP contribution in [0.1, 0.15) is 115 Å². The quantitative estimate of drug-likeness (QED) is 0.0947. The van der Waals surface area contributed by atoms with Crippen molar-refractivity contribution in [2.75, 3.05) is 16.3 Å². The van der Waals surface area contributed by atoms with Crippen molar-refractivity contribution in [3.8, 4) is 0 Å². The number of benzene rings is 7. The van der Waals surface area contributed by atoms with E-state index >= 15 is 0 Å². The van der Waals surface area contributed by atoms with Crippen LogP contribution in [0.15, 0.2) is 121 Å². The molecule has 0 N–H and O–H groups in total. The van der Waals surface area contributed by atoms with Crippen LogP contribution >= 0.6 is 0 Å². The molecule has 1 radical (unpaired) electrons. The largest absolute Gasteiger partial charge is 0.657 e. The first kappa shape index (κ1) is 42.1. The van der Waals surface area contributed by atoms with Crippen LogP contribution in [0.4, 0.5) is 11.4 Å². The SMILES string of the molecule is CC(C)c1cccc(C(C)C)c1N1[CH+]N(c2c(C(C)C)cccc2C(C)C)C(=O)C(C)(C)C1.[Au].c1ccc2c(c1)[n-]c1cc3c4ccccc4c4ccccc4c3cc12. The van der Waals surface area contributed by atoms with Gasteiger partial charge < -0.3 is 4.98 Å². The van der Waals surface area contributed by atoms with Gasteiger partial charge in [0.05, 0.1) is 23.3 Å². The van der Waals surface area contributed by atoms with Crippen LogP contribution in [-0.2, 0) is 27.2 Å². The van der Waals surface area contributed by atoms with Crippen molar-refractivity contribution in [2.24, 2.45) is 5.41 Å². The van der Waals surface area contributed by atoms with Gasteiger partial charge in [-0.1, -0.05) is 171 Å². The molecule has 9 rings (SSSR count). The van der Waals surface area contributed by atoms with Crippen molar-refractivity contribution in [1.82, 2.24) is 4.98 Å². The van der Waals surface area contributed by atoms with Gasteiger partial charge in [0, 0.05) is 22.4 Å². The molecule has 1 aliphatic heterocycles. The Morgan fingerprint density at radius 2 is 0.898 bits per heavy atom. The van der Waals surface area contributed by atoms with E-state index in [1.165, 1.54) is 71.0 Å². The van der Waals surface area contributed by atoms with Gasteiger partial charge in [0.25, 0.3) is 5.91 Å². The van der Waals surface area contributed by atoms with Gasteiger partial charge in [-0.3, -0.25) is 4.79 Å². The summed E-state index contributed by atoms with van der Waals surface area (Å²) >= 11 is 0. The molecule has 8 aromatic rings. The van der Waals surface area contributed by atoms with Crippen LogP contribution in [0.2, 0.25) is 0 Å². The molecule has 5 heteroatoms. The number of carbonyl (C=O) groups excluding carboxylic acids is 1. The Labute approximate surface area is 366 Å². The number of anilines is 2. The minimum atomic E-state index is -0.509. The van der Waals surface area contributed by atoms with Gasteiger partial charge in [0.1, 0.15) is 0 Å². The fraction of sp³-hybridized carbons (Fsp3) is 0.296. The van der Waals surface area contributed by atoms with Crippen molar-refractivity contribution in [2.45, 2.75) is 92.9 Å². The van der Waals surface area contributed by atoms with Crippen molar-refractivity contribution in [1.29, 1.82) is 0 Å². The molecule has 4 nitrogen and oxygen atoms in total. The van der Waals surface area contributed by atoms with Gasteiger partial charge in [0.15, 0.2) is 0 Å². The molecule has 1 fully saturated rings. The maximum absolute atomic E-state index is 13.9. The second-order valence-electron chi connectivity index (χ2n) is 18.1. The van der Waals surface area contributed by atoms with Crippen LogP contribution in [0, 0.1) is 12.1 Å². The number of fused-ring (bicyclic) bond motifs is 9. The minimum Gasteiger partial charge on any atom is -0.657 e. The average Bonchev–Trinajstić information content (AvgIpc) is 3.58. The predicted molar refractivity (Wildman–Crippen MR) is 249 cm³/mol. The van der Waals surface area contributed by atoms with Crippen molar-refractivity contribution >= 4 is 71.4 Å². The van der Waals surface area contributed by atoms with E-state index in [2.05, 4.69) is 202 Å². The summed E-state index contributed by atoms with van der Waals surface area (Å²) in [5, 5.41) is 10.3. The summed E-state index contributed by atoms with van der Waals surface area (Å²) in [6.07, 6.45) is 0. The normalized spacial score (nSPS) is 14.2. The molecule has 2 heterocycles. The molecule has 0 bridgehead atoms. The number of aromatic nitrogens is 1. The summed E-state index contributed by atoms with van der Waals surface area (Å²) in [5.41, 5.74) is 9.10. The van der Waals surface area contributed by atoms with Crippen molar-refractivity contribution in [3.63, 3.8) is 0 Å². The Morgan fingerprint density at radius 3 is 1.37 bits per heavy atom. The Kier molecular flexibility index (Phi) is 11.8. The fourth-order valence-corrected chi connectivity index (χ4v) is 9.16. The van der Waals surface area contributed by atoms with E-state index in [9.17, 15) is 4.79 Å². The maximum Gasteiger partial charge on any atom is 0.302 e. The molecule has 1 saturated heterocycles. The summed E-state index contributed by atoms with van der Waals surface area (Å²) in [6, 6.07) is 43.5. The van der Waals surface area contributed by atoms with E-state index in [0.717, 1.165) is 16.7 Å². The standard InChI is InChI=1S/C30H43N2O.C24H14N.Au/c1-19(2)23-13-11-14-24(20(3)4)27(23)31-17-30(9,10)29(33)32(18-31)28-25(21(5)6)15-12-16-26(28)22(7)8;1-3-9-17-15(7-1)16-8-2-4-10-18(16)21-14-24-22(13-20(17)21)19-11-5-6-12-23(19)25-24;/h11-16,18-22H,17H2,1-10H3;1-14H;/q+1;-1;. The topological polar surface area (TPSA) is 37.7 Å². The molecule has 1 aromatic heterocycles. The Morgan fingerprint density at radius 1 is 0.492 bits per heavy atom. The van der Waals surface area contributed by atoms with E-state index in [1.54, 1.807) is 0 Å². The van der Waals surface area contributed by atoms with Crippen LogP contribution in [0.3, 0.4) is 0 Å². The zero-order valence-corrected chi connectivity index (χ0v) is 38.4. The summed E-state index contributed by atoms with van der Waals surface area (Å²) in [6.45, 7) is 24.8. The first-order valence-corrected chi connectivity index (χ1v) is 21.2. The zero-order chi connectivity index (χ0) is 41.0. The van der Waals surface area contributed by atoms with E-state index in [-0.39, 0.29) is 28.3 Å². The predicted octanol–water partition coefficient (Wildman–Crippen LogP) is 14.6. The molecule has 0 unspecified atom stereocenters. The summed E-state index contributed by atoms with van der Waals surface area (Å²) in [5.74, 6) is 1.62. The molecule has 0 aliphatic carbocycles. The van der Waals surface area contributed by atoms with Gasteiger partial charge in [0.2, 0.25) is 0 Å². The van der Waals surface area contributed by atoms with Crippen LogP contribution in [-0.4, -0.2) is 12.5 Å². The van der Waals surface area contributed by atoms with Gasteiger partial charge in [-0.05, 0) is 109 Å². The van der Waals surface area contributed by atoms with E-state index in [1.807, 2.05) is 4.90 Å². The Balaban J connectivity index is 0.000000181. The van der Waals surface area contributed by atoms with Crippen molar-refractivity contribution < 1.29 is 27.2 Å². The monoisotopic (exact) mass is 960 g/mol.